The summed E-state index contributed by atoms with van der Waals surface area (Å²) in [5.74, 6) is -1.87. The molecule has 1 aliphatic rings. The zero-order valence-electron chi connectivity index (χ0n) is 8.57. The van der Waals surface area contributed by atoms with E-state index in [0.29, 0.717) is 5.56 Å². The van der Waals surface area contributed by atoms with Crippen LogP contribution in [0.15, 0.2) is 36.0 Å². The van der Waals surface area contributed by atoms with E-state index >= 15 is 0 Å². The van der Waals surface area contributed by atoms with Crippen LogP contribution >= 0.6 is 0 Å². The summed E-state index contributed by atoms with van der Waals surface area (Å²) >= 11 is 0. The monoisotopic (exact) mass is 235 g/mol. The molecule has 1 aromatic rings. The van der Waals surface area contributed by atoms with Gasteiger partial charge in [0.05, 0.1) is 17.7 Å². The highest BCUT2D eigenvalue weighted by atomic mass is 19.1. The van der Waals surface area contributed by atoms with Crippen LogP contribution in [0, 0.1) is 5.82 Å². The fraction of sp³-hybridized carbons (Fsp3) is 0.0909. The van der Waals surface area contributed by atoms with Gasteiger partial charge < -0.3 is 20.5 Å². The second kappa shape index (κ2) is 4.25. The third kappa shape index (κ3) is 2.41. The highest BCUT2D eigenvalue weighted by Crippen LogP contribution is 2.18. The molecule has 1 aromatic carbocycles. The first-order chi connectivity index (χ1) is 8.06. The van der Waals surface area contributed by atoms with Crippen molar-refractivity contribution in [3.63, 3.8) is 0 Å². The lowest BCUT2D eigenvalue weighted by atomic mass is 10.0. The SMILES string of the molecule is O=C1NC(C(=O)[O-])=C[C@@H](c2ccc(F)cc2)N1. The summed E-state index contributed by atoms with van der Waals surface area (Å²) in [6.07, 6.45) is 1.30. The summed E-state index contributed by atoms with van der Waals surface area (Å²) in [6, 6.07) is 4.15. The lowest BCUT2D eigenvalue weighted by molar-refractivity contribution is -0.299. The number of carboxylic acids is 1. The lowest BCUT2D eigenvalue weighted by Gasteiger charge is -2.24. The molecule has 0 aliphatic carbocycles. The minimum absolute atomic E-state index is 0.303. The van der Waals surface area contributed by atoms with Crippen molar-refractivity contribution in [2.24, 2.45) is 0 Å². The Balaban J connectivity index is 2.32. The van der Waals surface area contributed by atoms with Gasteiger partial charge in [0, 0.05) is 0 Å². The Bertz CT molecular complexity index is 496. The number of amides is 2. The average Bonchev–Trinajstić information content (AvgIpc) is 2.29. The van der Waals surface area contributed by atoms with Crippen LogP contribution in [0.4, 0.5) is 9.18 Å². The molecular formula is C11H8FN2O3-. The number of aliphatic carboxylic acids is 1. The molecule has 0 aromatic heterocycles. The maximum absolute atomic E-state index is 12.7. The lowest BCUT2D eigenvalue weighted by Crippen LogP contribution is -2.46. The van der Waals surface area contributed by atoms with Crippen LogP contribution in [-0.4, -0.2) is 12.0 Å². The third-order valence-electron chi connectivity index (χ3n) is 2.32. The number of benzene rings is 1. The normalized spacial score (nSPS) is 19.0. The van der Waals surface area contributed by atoms with Gasteiger partial charge in [-0.2, -0.15) is 0 Å². The summed E-state index contributed by atoms with van der Waals surface area (Å²) in [6.45, 7) is 0. The van der Waals surface area contributed by atoms with Crippen LogP contribution < -0.4 is 15.7 Å². The number of rotatable bonds is 2. The quantitative estimate of drug-likeness (QED) is 0.745. The first-order valence-electron chi connectivity index (χ1n) is 4.82. The first kappa shape index (κ1) is 11.1. The summed E-state index contributed by atoms with van der Waals surface area (Å²) in [4.78, 5) is 21.8. The van der Waals surface area contributed by atoms with E-state index in [-0.39, 0.29) is 5.70 Å². The molecule has 2 rings (SSSR count). The second-order valence-corrected chi connectivity index (χ2v) is 3.50. The van der Waals surface area contributed by atoms with Gasteiger partial charge >= 0.3 is 6.03 Å². The largest absolute Gasteiger partial charge is 0.543 e. The van der Waals surface area contributed by atoms with Gasteiger partial charge in [0.15, 0.2) is 0 Å². The van der Waals surface area contributed by atoms with Crippen molar-refractivity contribution in [2.75, 3.05) is 0 Å². The van der Waals surface area contributed by atoms with Crippen molar-refractivity contribution in [3.05, 3.63) is 47.4 Å². The molecule has 1 heterocycles. The second-order valence-electron chi connectivity index (χ2n) is 3.50. The van der Waals surface area contributed by atoms with E-state index in [1.165, 1.54) is 30.3 Å². The number of urea groups is 1. The van der Waals surface area contributed by atoms with Crippen LogP contribution in [0.3, 0.4) is 0 Å². The molecule has 0 bridgehead atoms. The molecule has 6 heteroatoms. The molecule has 88 valence electrons. The topological polar surface area (TPSA) is 81.3 Å². The van der Waals surface area contributed by atoms with Crippen molar-refractivity contribution >= 4 is 12.0 Å². The van der Waals surface area contributed by atoms with E-state index in [9.17, 15) is 19.1 Å². The molecule has 0 saturated carbocycles. The predicted octanol–water partition coefficient (Wildman–Crippen LogP) is -0.187. The molecule has 0 radical (unpaired) electrons. The standard InChI is InChI=1S/C11H9FN2O3/c12-7-3-1-6(2-4-7)8-5-9(10(15)16)14-11(17)13-8/h1-5,8H,(H,15,16)(H2,13,14,17)/p-1/t8-/m0/s1. The minimum atomic E-state index is -1.47. The Morgan fingerprint density at radius 2 is 1.94 bits per heavy atom. The molecule has 0 spiro atoms. The molecule has 2 amide bonds. The Morgan fingerprint density at radius 3 is 2.53 bits per heavy atom. The Hall–Kier alpha value is -2.37. The molecule has 0 fully saturated rings. The van der Waals surface area contributed by atoms with Crippen LogP contribution in [0.1, 0.15) is 11.6 Å². The number of halogens is 1. The highest BCUT2D eigenvalue weighted by molar-refractivity contribution is 5.92. The molecule has 0 unspecified atom stereocenters. The van der Waals surface area contributed by atoms with Gasteiger partial charge in [-0.3, -0.25) is 0 Å². The van der Waals surface area contributed by atoms with Gasteiger partial charge in [0.2, 0.25) is 0 Å². The Kier molecular flexibility index (Phi) is 2.78. The first-order valence-corrected chi connectivity index (χ1v) is 4.82. The van der Waals surface area contributed by atoms with E-state index < -0.39 is 23.9 Å². The van der Waals surface area contributed by atoms with Crippen LogP contribution in [-0.2, 0) is 4.79 Å². The smallest absolute Gasteiger partial charge is 0.320 e. The van der Waals surface area contributed by atoms with Gasteiger partial charge in [-0.15, -0.1) is 0 Å². The predicted molar refractivity (Wildman–Crippen MR) is 53.9 cm³/mol. The summed E-state index contributed by atoms with van der Waals surface area (Å²) < 4.78 is 12.7. The van der Waals surface area contributed by atoms with Crippen LogP contribution in [0.25, 0.3) is 0 Å². The summed E-state index contributed by atoms with van der Waals surface area (Å²) in [5, 5.41) is 15.2. The average molecular weight is 235 g/mol. The van der Waals surface area contributed by atoms with Crippen LogP contribution in [0.5, 0.6) is 0 Å². The molecule has 17 heavy (non-hydrogen) atoms. The van der Waals surface area contributed by atoms with Gasteiger partial charge in [-0.05, 0) is 23.8 Å². The number of carbonyl (C=O) groups excluding carboxylic acids is 2. The molecular weight excluding hydrogens is 227 g/mol. The third-order valence-corrected chi connectivity index (χ3v) is 2.32. The van der Waals surface area contributed by atoms with Gasteiger partial charge in [-0.25, -0.2) is 9.18 Å². The summed E-state index contributed by atoms with van der Waals surface area (Å²) in [5.41, 5.74) is 0.281. The zero-order chi connectivity index (χ0) is 12.4. The van der Waals surface area contributed by atoms with Gasteiger partial charge in [-0.1, -0.05) is 12.1 Å². The van der Waals surface area contributed by atoms with Crippen molar-refractivity contribution in [1.29, 1.82) is 0 Å². The number of carboxylic acid groups (broad SMARTS) is 1. The number of hydrogen-bond acceptors (Lipinski definition) is 3. The molecule has 0 saturated heterocycles. The molecule has 1 aliphatic heterocycles. The fourth-order valence-electron chi connectivity index (χ4n) is 1.52. The van der Waals surface area contributed by atoms with E-state index in [2.05, 4.69) is 10.6 Å². The maximum Gasteiger partial charge on any atom is 0.320 e. The van der Waals surface area contributed by atoms with Crippen molar-refractivity contribution in [3.8, 4) is 0 Å². The van der Waals surface area contributed by atoms with Crippen LogP contribution in [0.2, 0.25) is 0 Å². The Morgan fingerprint density at radius 1 is 1.29 bits per heavy atom. The molecule has 5 nitrogen and oxygen atoms in total. The van der Waals surface area contributed by atoms with Crippen molar-refractivity contribution < 1.29 is 19.1 Å². The van der Waals surface area contributed by atoms with E-state index in [4.69, 9.17) is 0 Å². The van der Waals surface area contributed by atoms with Gasteiger partial charge in [0.1, 0.15) is 5.82 Å². The number of nitrogens with one attached hydrogen (secondary N) is 2. The molecule has 1 atom stereocenters. The number of carbonyl (C=O) groups is 2. The zero-order valence-corrected chi connectivity index (χ0v) is 8.57. The highest BCUT2D eigenvalue weighted by Gasteiger charge is 2.19. The van der Waals surface area contributed by atoms with E-state index in [1.807, 2.05) is 0 Å². The number of hydrogen-bond donors (Lipinski definition) is 2. The minimum Gasteiger partial charge on any atom is -0.543 e. The van der Waals surface area contributed by atoms with Gasteiger partial charge in [0.25, 0.3) is 0 Å². The maximum atomic E-state index is 12.7. The fourth-order valence-corrected chi connectivity index (χ4v) is 1.52. The molecule has 2 N–H and O–H groups in total. The van der Waals surface area contributed by atoms with Crippen molar-refractivity contribution in [2.45, 2.75) is 6.04 Å². The van der Waals surface area contributed by atoms with Crippen molar-refractivity contribution in [1.82, 2.24) is 10.6 Å². The Labute approximate surface area is 95.9 Å². The van der Waals surface area contributed by atoms with E-state index in [1.54, 1.807) is 0 Å². The van der Waals surface area contributed by atoms with E-state index in [0.717, 1.165) is 0 Å². The summed E-state index contributed by atoms with van der Waals surface area (Å²) in [7, 11) is 0.